The maximum absolute atomic E-state index is 13.3. The van der Waals surface area contributed by atoms with Crippen molar-refractivity contribution in [3.63, 3.8) is 0 Å². The normalized spacial score (nSPS) is 11.5. The van der Waals surface area contributed by atoms with Crippen molar-refractivity contribution < 1.29 is 9.84 Å². The third-order valence-electron chi connectivity index (χ3n) is 5.35. The fourth-order valence-corrected chi connectivity index (χ4v) is 3.66. The molecule has 1 N–H and O–H groups in total. The molecule has 0 aliphatic carbocycles. The summed E-state index contributed by atoms with van der Waals surface area (Å²) < 4.78 is 7.51. The summed E-state index contributed by atoms with van der Waals surface area (Å²) >= 11 is 0. The Morgan fingerprint density at radius 3 is 2.48 bits per heavy atom. The van der Waals surface area contributed by atoms with E-state index in [1.807, 2.05) is 61.5 Å². The van der Waals surface area contributed by atoms with E-state index < -0.39 is 0 Å². The first-order valence-electron chi connectivity index (χ1n) is 10.7. The van der Waals surface area contributed by atoms with E-state index in [0.717, 1.165) is 29.5 Å². The fourth-order valence-electron chi connectivity index (χ4n) is 3.66. The van der Waals surface area contributed by atoms with Gasteiger partial charge in [-0.05, 0) is 63.8 Å². The number of nitrogens with zero attached hydrogens (tertiary/aromatic N) is 1. The highest BCUT2D eigenvalue weighted by atomic mass is 16.5. The molecular formula is C27H31NO3. The highest BCUT2D eigenvalue weighted by molar-refractivity contribution is 5.89. The summed E-state index contributed by atoms with van der Waals surface area (Å²) in [6.07, 6.45) is 6.10. The van der Waals surface area contributed by atoms with Crippen LogP contribution in [0.5, 0.6) is 11.5 Å². The molecule has 0 spiro atoms. The molecule has 0 radical (unpaired) electrons. The predicted octanol–water partition coefficient (Wildman–Crippen LogP) is 6.14. The third-order valence-corrected chi connectivity index (χ3v) is 5.35. The Labute approximate surface area is 184 Å². The lowest BCUT2D eigenvalue weighted by Gasteiger charge is -2.17. The van der Waals surface area contributed by atoms with E-state index in [1.54, 1.807) is 4.57 Å². The number of para-hydroxylation sites is 1. The van der Waals surface area contributed by atoms with E-state index >= 15 is 0 Å². The number of benzene rings is 2. The van der Waals surface area contributed by atoms with Gasteiger partial charge in [-0.3, -0.25) is 4.79 Å². The molecule has 1 heterocycles. The zero-order valence-electron chi connectivity index (χ0n) is 18.8. The van der Waals surface area contributed by atoms with E-state index in [9.17, 15) is 9.90 Å². The van der Waals surface area contributed by atoms with Crippen molar-refractivity contribution in [3.05, 3.63) is 93.3 Å². The molecule has 3 aromatic rings. The Balaban J connectivity index is 1.95. The van der Waals surface area contributed by atoms with Gasteiger partial charge in [-0.1, -0.05) is 59.7 Å². The standard InChI is InChI=1S/C27H31NO3/c1-19(2)10-8-11-20(3)16-17-31-26-25(29)23-15-9-12-21(4)24(23)28(27(26)30)18-22-13-6-5-7-14-22/h5-7,9-10,12-16,29H,8,11,17-18H2,1-4H3/b20-16+. The van der Waals surface area contributed by atoms with Crippen LogP contribution in [0.2, 0.25) is 0 Å². The second-order valence-corrected chi connectivity index (χ2v) is 8.21. The topological polar surface area (TPSA) is 51.5 Å². The van der Waals surface area contributed by atoms with Gasteiger partial charge in [-0.15, -0.1) is 0 Å². The summed E-state index contributed by atoms with van der Waals surface area (Å²) in [5.41, 5.74) is 4.86. The van der Waals surface area contributed by atoms with Crippen LogP contribution in [0.3, 0.4) is 0 Å². The molecule has 4 nitrogen and oxygen atoms in total. The summed E-state index contributed by atoms with van der Waals surface area (Å²) in [5.74, 6) is -0.0917. The molecule has 0 amide bonds. The van der Waals surface area contributed by atoms with Gasteiger partial charge < -0.3 is 14.4 Å². The molecule has 0 aliphatic rings. The number of allylic oxidation sites excluding steroid dienone is 3. The number of aryl methyl sites for hydroxylation is 1. The van der Waals surface area contributed by atoms with Gasteiger partial charge in [0.1, 0.15) is 6.61 Å². The first-order valence-corrected chi connectivity index (χ1v) is 10.7. The molecule has 0 bridgehead atoms. The Bertz CT molecular complexity index is 1170. The number of hydrogen-bond donors (Lipinski definition) is 1. The number of aromatic hydroxyl groups is 1. The molecule has 2 aromatic carbocycles. The summed E-state index contributed by atoms with van der Waals surface area (Å²) in [7, 11) is 0. The zero-order valence-corrected chi connectivity index (χ0v) is 18.8. The first kappa shape index (κ1) is 22.4. The van der Waals surface area contributed by atoms with Gasteiger partial charge in [-0.25, -0.2) is 0 Å². The van der Waals surface area contributed by atoms with Gasteiger partial charge in [0.2, 0.25) is 5.75 Å². The summed E-state index contributed by atoms with van der Waals surface area (Å²) in [6.45, 7) is 8.84. The average Bonchev–Trinajstić information content (AvgIpc) is 2.74. The maximum Gasteiger partial charge on any atom is 0.297 e. The molecule has 0 saturated carbocycles. The number of rotatable bonds is 8. The summed E-state index contributed by atoms with van der Waals surface area (Å²) in [6, 6.07) is 15.5. The van der Waals surface area contributed by atoms with Crippen LogP contribution in [0.1, 0.15) is 44.7 Å². The third kappa shape index (κ3) is 5.46. The van der Waals surface area contributed by atoms with Crippen molar-refractivity contribution in [2.45, 2.75) is 47.1 Å². The van der Waals surface area contributed by atoms with Crippen molar-refractivity contribution in [3.8, 4) is 11.5 Å². The molecule has 3 rings (SSSR count). The van der Waals surface area contributed by atoms with Gasteiger partial charge >= 0.3 is 0 Å². The molecule has 0 aliphatic heterocycles. The van der Waals surface area contributed by atoms with Crippen LogP contribution >= 0.6 is 0 Å². The minimum atomic E-state index is -0.321. The highest BCUT2D eigenvalue weighted by Gasteiger charge is 2.19. The van der Waals surface area contributed by atoms with Gasteiger partial charge in [0.15, 0.2) is 5.75 Å². The number of hydrogen-bond acceptors (Lipinski definition) is 3. The van der Waals surface area contributed by atoms with Crippen LogP contribution in [0.4, 0.5) is 0 Å². The second kappa shape index (κ2) is 10.2. The van der Waals surface area contributed by atoms with Crippen molar-refractivity contribution in [1.82, 2.24) is 4.57 Å². The molecule has 162 valence electrons. The van der Waals surface area contributed by atoms with E-state index in [2.05, 4.69) is 26.8 Å². The largest absolute Gasteiger partial charge is 0.504 e. The molecule has 0 unspecified atom stereocenters. The maximum atomic E-state index is 13.3. The quantitative estimate of drug-likeness (QED) is 0.448. The van der Waals surface area contributed by atoms with Gasteiger partial charge in [0, 0.05) is 5.39 Å². The molecule has 0 saturated heterocycles. The van der Waals surface area contributed by atoms with Crippen LogP contribution in [0.15, 0.2) is 76.6 Å². The van der Waals surface area contributed by atoms with E-state index in [-0.39, 0.29) is 23.7 Å². The molecule has 0 fully saturated rings. The average molecular weight is 418 g/mol. The molecule has 1 aromatic heterocycles. The number of fused-ring (bicyclic) bond motifs is 1. The smallest absolute Gasteiger partial charge is 0.297 e. The van der Waals surface area contributed by atoms with Crippen LogP contribution in [-0.4, -0.2) is 16.3 Å². The Hall–Kier alpha value is -3.27. The number of aromatic nitrogens is 1. The van der Waals surface area contributed by atoms with Crippen molar-refractivity contribution >= 4 is 10.9 Å². The van der Waals surface area contributed by atoms with Gasteiger partial charge in [-0.2, -0.15) is 0 Å². The molecular weight excluding hydrogens is 386 g/mol. The minimum Gasteiger partial charge on any atom is -0.504 e. The van der Waals surface area contributed by atoms with Crippen LogP contribution in [0, 0.1) is 6.92 Å². The van der Waals surface area contributed by atoms with Crippen molar-refractivity contribution in [2.75, 3.05) is 6.61 Å². The summed E-state index contributed by atoms with van der Waals surface area (Å²) in [5, 5.41) is 11.5. The molecule has 4 heteroatoms. The lowest BCUT2D eigenvalue weighted by Crippen LogP contribution is -2.24. The highest BCUT2D eigenvalue weighted by Crippen LogP contribution is 2.33. The fraction of sp³-hybridized carbons (Fsp3) is 0.296. The van der Waals surface area contributed by atoms with Crippen LogP contribution in [0.25, 0.3) is 10.9 Å². The summed E-state index contributed by atoms with van der Waals surface area (Å²) in [4.78, 5) is 13.3. The molecule has 0 atom stereocenters. The lowest BCUT2D eigenvalue weighted by molar-refractivity contribution is 0.329. The van der Waals surface area contributed by atoms with E-state index in [1.165, 1.54) is 11.1 Å². The predicted molar refractivity (Wildman–Crippen MR) is 128 cm³/mol. The van der Waals surface area contributed by atoms with Gasteiger partial charge in [0.05, 0.1) is 12.1 Å². The minimum absolute atomic E-state index is 0.00220. The Morgan fingerprint density at radius 2 is 1.77 bits per heavy atom. The van der Waals surface area contributed by atoms with Crippen LogP contribution < -0.4 is 10.3 Å². The molecule has 31 heavy (non-hydrogen) atoms. The van der Waals surface area contributed by atoms with Crippen molar-refractivity contribution in [1.29, 1.82) is 0 Å². The number of ether oxygens (including phenoxy) is 1. The first-order chi connectivity index (χ1) is 14.9. The van der Waals surface area contributed by atoms with Gasteiger partial charge in [0.25, 0.3) is 5.56 Å². The Morgan fingerprint density at radius 1 is 1.03 bits per heavy atom. The van der Waals surface area contributed by atoms with E-state index in [4.69, 9.17) is 4.74 Å². The monoisotopic (exact) mass is 417 g/mol. The number of pyridine rings is 1. The second-order valence-electron chi connectivity index (χ2n) is 8.21. The SMILES string of the molecule is CC(C)=CCC/C(C)=C/COc1c(O)c2cccc(C)c2n(Cc2ccccc2)c1=O. The lowest BCUT2D eigenvalue weighted by atomic mass is 10.1. The van der Waals surface area contributed by atoms with Crippen LogP contribution in [-0.2, 0) is 6.54 Å². The van der Waals surface area contributed by atoms with Crippen molar-refractivity contribution in [2.24, 2.45) is 0 Å². The Kier molecular flexibility index (Phi) is 7.35. The zero-order chi connectivity index (χ0) is 22.4. The van der Waals surface area contributed by atoms with E-state index in [0.29, 0.717) is 11.9 Å².